The van der Waals surface area contributed by atoms with Crippen molar-refractivity contribution in [3.05, 3.63) is 72.3 Å². The van der Waals surface area contributed by atoms with E-state index in [1.54, 1.807) is 6.92 Å². The van der Waals surface area contributed by atoms with Crippen molar-refractivity contribution >= 4 is 34.0 Å². The number of hydrogen-bond donors (Lipinski definition) is 2. The molecule has 30 heavy (non-hydrogen) atoms. The van der Waals surface area contributed by atoms with E-state index < -0.39 is 0 Å². The maximum absolute atomic E-state index is 12.1. The molecular weight excluding hydrogens is 378 g/mol. The highest BCUT2D eigenvalue weighted by Gasteiger charge is 2.29. The summed E-state index contributed by atoms with van der Waals surface area (Å²) in [6.45, 7) is 1.67. The Morgan fingerprint density at radius 2 is 1.80 bits per heavy atom. The minimum Gasteiger partial charge on any atom is -0.484 e. The molecule has 0 atom stereocenters. The molecule has 1 aliphatic carbocycles. The minimum absolute atomic E-state index is 0.0564. The molecule has 1 saturated carbocycles. The fraction of sp³-hybridized carbons (Fsp3) is 0.208. The first-order valence-corrected chi connectivity index (χ1v) is 9.94. The van der Waals surface area contributed by atoms with Crippen LogP contribution in [-0.4, -0.2) is 24.1 Å². The molecule has 0 unspecified atom stereocenters. The van der Waals surface area contributed by atoms with Gasteiger partial charge in [0.2, 0.25) is 5.91 Å². The maximum atomic E-state index is 12.1. The normalized spacial score (nSPS) is 13.7. The lowest BCUT2D eigenvalue weighted by atomic mass is 10.1. The first-order valence-electron chi connectivity index (χ1n) is 9.94. The van der Waals surface area contributed by atoms with Crippen molar-refractivity contribution in [3.63, 3.8) is 0 Å². The quantitative estimate of drug-likeness (QED) is 0.462. The number of carbonyl (C=O) groups is 2. The minimum atomic E-state index is -0.347. The molecule has 152 valence electrons. The van der Waals surface area contributed by atoms with Crippen LogP contribution in [0.3, 0.4) is 0 Å². The van der Waals surface area contributed by atoms with Gasteiger partial charge in [0.25, 0.3) is 5.91 Å². The van der Waals surface area contributed by atoms with Gasteiger partial charge in [0, 0.05) is 11.6 Å². The summed E-state index contributed by atoms with van der Waals surface area (Å²) in [5.41, 5.74) is 4.69. The molecule has 2 amide bonds. The summed E-state index contributed by atoms with van der Waals surface area (Å²) in [6, 6.07) is 21.1. The molecular formula is C24H23N3O3. The van der Waals surface area contributed by atoms with Gasteiger partial charge in [-0.25, -0.2) is 5.43 Å². The van der Waals surface area contributed by atoms with E-state index >= 15 is 0 Å². The van der Waals surface area contributed by atoms with E-state index in [1.807, 2.05) is 66.7 Å². The Kier molecular flexibility index (Phi) is 5.75. The summed E-state index contributed by atoms with van der Waals surface area (Å²) in [5, 5.41) is 9.23. The topological polar surface area (TPSA) is 79.8 Å². The predicted molar refractivity (Wildman–Crippen MR) is 118 cm³/mol. The first kappa shape index (κ1) is 19.6. The first-order chi connectivity index (χ1) is 14.6. The molecule has 0 aliphatic heterocycles. The van der Waals surface area contributed by atoms with Crippen LogP contribution in [0.2, 0.25) is 0 Å². The van der Waals surface area contributed by atoms with Gasteiger partial charge in [0.15, 0.2) is 6.61 Å². The van der Waals surface area contributed by atoms with E-state index in [-0.39, 0.29) is 24.3 Å². The van der Waals surface area contributed by atoms with Crippen LogP contribution in [0, 0.1) is 5.92 Å². The van der Waals surface area contributed by atoms with Crippen molar-refractivity contribution in [2.75, 3.05) is 11.9 Å². The zero-order valence-corrected chi connectivity index (χ0v) is 16.7. The van der Waals surface area contributed by atoms with E-state index in [0.717, 1.165) is 34.9 Å². The Balaban J connectivity index is 1.32. The smallest absolute Gasteiger partial charge is 0.277 e. The molecule has 0 radical (unpaired) electrons. The molecule has 4 rings (SSSR count). The van der Waals surface area contributed by atoms with Crippen LogP contribution in [0.4, 0.5) is 5.69 Å². The van der Waals surface area contributed by atoms with Crippen LogP contribution in [0.5, 0.6) is 5.75 Å². The van der Waals surface area contributed by atoms with Gasteiger partial charge in [0.1, 0.15) is 5.75 Å². The molecule has 0 aromatic heterocycles. The van der Waals surface area contributed by atoms with Gasteiger partial charge in [-0.1, -0.05) is 42.5 Å². The molecule has 0 spiro atoms. The summed E-state index contributed by atoms with van der Waals surface area (Å²) in [6.07, 6.45) is 1.92. The molecule has 0 bridgehead atoms. The SMILES string of the molecule is CC(=NNC(=O)COc1ccc2ccccc2c1)c1cccc(NC(=O)C2CC2)c1. The second-order valence-corrected chi connectivity index (χ2v) is 7.37. The van der Waals surface area contributed by atoms with Gasteiger partial charge in [-0.15, -0.1) is 0 Å². The van der Waals surface area contributed by atoms with Gasteiger partial charge in [0.05, 0.1) is 5.71 Å². The Labute approximate surface area is 174 Å². The summed E-state index contributed by atoms with van der Waals surface area (Å²) in [7, 11) is 0. The lowest BCUT2D eigenvalue weighted by Gasteiger charge is -2.08. The molecule has 3 aromatic rings. The van der Waals surface area contributed by atoms with Crippen LogP contribution < -0.4 is 15.5 Å². The van der Waals surface area contributed by atoms with Gasteiger partial charge in [-0.2, -0.15) is 5.10 Å². The Hall–Kier alpha value is -3.67. The second-order valence-electron chi connectivity index (χ2n) is 7.37. The lowest BCUT2D eigenvalue weighted by molar-refractivity contribution is -0.123. The van der Waals surface area contributed by atoms with Crippen LogP contribution in [-0.2, 0) is 9.59 Å². The summed E-state index contributed by atoms with van der Waals surface area (Å²) in [5.74, 6) is 0.482. The highest BCUT2D eigenvalue weighted by atomic mass is 16.5. The van der Waals surface area contributed by atoms with Crippen LogP contribution in [0.1, 0.15) is 25.3 Å². The molecule has 6 nitrogen and oxygen atoms in total. The lowest BCUT2D eigenvalue weighted by Crippen LogP contribution is -2.25. The molecule has 2 N–H and O–H groups in total. The van der Waals surface area contributed by atoms with Crippen molar-refractivity contribution in [1.29, 1.82) is 0 Å². The zero-order chi connectivity index (χ0) is 20.9. The van der Waals surface area contributed by atoms with E-state index in [2.05, 4.69) is 15.8 Å². The number of benzene rings is 3. The molecule has 6 heteroatoms. The van der Waals surface area contributed by atoms with Gasteiger partial charge in [-0.3, -0.25) is 9.59 Å². The zero-order valence-electron chi connectivity index (χ0n) is 16.7. The highest BCUT2D eigenvalue weighted by molar-refractivity contribution is 6.01. The van der Waals surface area contributed by atoms with Crippen LogP contribution >= 0.6 is 0 Å². The van der Waals surface area contributed by atoms with Crippen molar-refractivity contribution < 1.29 is 14.3 Å². The van der Waals surface area contributed by atoms with E-state index in [4.69, 9.17) is 4.74 Å². The number of ether oxygens (including phenoxy) is 1. The number of anilines is 1. The van der Waals surface area contributed by atoms with E-state index in [0.29, 0.717) is 11.5 Å². The third-order valence-electron chi connectivity index (χ3n) is 4.94. The predicted octanol–water partition coefficient (Wildman–Crippen LogP) is 4.11. The number of nitrogens with zero attached hydrogens (tertiary/aromatic N) is 1. The van der Waals surface area contributed by atoms with Crippen molar-refractivity contribution in [3.8, 4) is 5.75 Å². The fourth-order valence-electron chi connectivity index (χ4n) is 3.06. The van der Waals surface area contributed by atoms with E-state index in [1.165, 1.54) is 0 Å². The van der Waals surface area contributed by atoms with Gasteiger partial charge < -0.3 is 10.1 Å². The number of rotatable bonds is 7. The summed E-state index contributed by atoms with van der Waals surface area (Å²) < 4.78 is 5.58. The second kappa shape index (κ2) is 8.78. The third-order valence-corrected chi connectivity index (χ3v) is 4.94. The Morgan fingerprint density at radius 3 is 2.60 bits per heavy atom. The summed E-state index contributed by atoms with van der Waals surface area (Å²) >= 11 is 0. The molecule has 3 aromatic carbocycles. The standard InChI is InChI=1S/C24H23N3O3/c1-16(19-7-4-8-21(13-19)25-24(29)18-9-10-18)26-27-23(28)15-30-22-12-11-17-5-2-3-6-20(17)14-22/h2-8,11-14,18H,9-10,15H2,1H3,(H,25,29)(H,27,28). The fourth-order valence-corrected chi connectivity index (χ4v) is 3.06. The van der Waals surface area contributed by atoms with Crippen molar-refractivity contribution in [2.45, 2.75) is 19.8 Å². The average molecular weight is 401 g/mol. The number of amides is 2. The number of hydrogen-bond acceptors (Lipinski definition) is 4. The van der Waals surface area contributed by atoms with E-state index in [9.17, 15) is 9.59 Å². The third kappa shape index (κ3) is 5.03. The van der Waals surface area contributed by atoms with Gasteiger partial charge >= 0.3 is 0 Å². The Morgan fingerprint density at radius 1 is 1.00 bits per heavy atom. The number of hydrazone groups is 1. The number of carbonyl (C=O) groups excluding carboxylic acids is 2. The molecule has 1 aliphatic rings. The van der Waals surface area contributed by atoms with Crippen molar-refractivity contribution in [2.24, 2.45) is 11.0 Å². The monoisotopic (exact) mass is 401 g/mol. The maximum Gasteiger partial charge on any atom is 0.277 e. The average Bonchev–Trinajstić information content (AvgIpc) is 3.61. The molecule has 1 fully saturated rings. The van der Waals surface area contributed by atoms with Gasteiger partial charge in [-0.05, 0) is 60.4 Å². The van der Waals surface area contributed by atoms with Crippen LogP contribution in [0.15, 0.2) is 71.8 Å². The summed E-state index contributed by atoms with van der Waals surface area (Å²) in [4.78, 5) is 24.0. The highest BCUT2D eigenvalue weighted by Crippen LogP contribution is 2.30. The largest absolute Gasteiger partial charge is 0.484 e. The van der Waals surface area contributed by atoms with Crippen molar-refractivity contribution in [1.82, 2.24) is 5.43 Å². The Bertz CT molecular complexity index is 1120. The number of fused-ring (bicyclic) bond motifs is 1. The number of nitrogens with one attached hydrogen (secondary N) is 2. The molecule has 0 heterocycles. The molecule has 0 saturated heterocycles. The van der Waals surface area contributed by atoms with Crippen LogP contribution in [0.25, 0.3) is 10.8 Å².